The van der Waals surface area contributed by atoms with Crippen molar-refractivity contribution in [2.75, 3.05) is 26.3 Å². The summed E-state index contributed by atoms with van der Waals surface area (Å²) < 4.78 is 5.48. The molecule has 0 aliphatic heterocycles. The van der Waals surface area contributed by atoms with Gasteiger partial charge in [0.25, 0.3) is 0 Å². The molecule has 1 atom stereocenters. The van der Waals surface area contributed by atoms with Gasteiger partial charge < -0.3 is 14.5 Å². The van der Waals surface area contributed by atoms with Gasteiger partial charge in [-0.2, -0.15) is 0 Å². The maximum atomic E-state index is 13.5. The molecule has 1 heterocycles. The van der Waals surface area contributed by atoms with E-state index in [4.69, 9.17) is 4.74 Å². The highest BCUT2D eigenvalue weighted by Crippen LogP contribution is 2.26. The van der Waals surface area contributed by atoms with Crippen LogP contribution in [0.25, 0.3) is 0 Å². The fourth-order valence-electron chi connectivity index (χ4n) is 4.23. The number of carbonyl (C=O) groups is 2. The summed E-state index contributed by atoms with van der Waals surface area (Å²) in [5, 5.41) is 2.03. The van der Waals surface area contributed by atoms with Crippen LogP contribution in [0.2, 0.25) is 0 Å². The highest BCUT2D eigenvalue weighted by Gasteiger charge is 2.24. The SMILES string of the molecule is CCOCCCN(CC(=O)N(Cc1ccccc1)Cc1cccs1)C(=O)CC(C)CC(C)(C)C. The second-order valence-electron chi connectivity index (χ2n) is 10.3. The van der Waals surface area contributed by atoms with Crippen LogP contribution in [0.3, 0.4) is 0 Å². The summed E-state index contributed by atoms with van der Waals surface area (Å²) in [6.07, 6.45) is 2.16. The van der Waals surface area contributed by atoms with E-state index in [0.29, 0.717) is 39.3 Å². The fraction of sp³-hybridized carbons (Fsp3) is 0.571. The van der Waals surface area contributed by atoms with Crippen LogP contribution in [0.1, 0.15) is 64.3 Å². The van der Waals surface area contributed by atoms with Crippen LogP contribution in [-0.4, -0.2) is 47.9 Å². The van der Waals surface area contributed by atoms with Crippen LogP contribution in [0.15, 0.2) is 47.8 Å². The van der Waals surface area contributed by atoms with Gasteiger partial charge in [0, 0.05) is 37.6 Å². The number of ether oxygens (including phenoxy) is 1. The minimum Gasteiger partial charge on any atom is -0.382 e. The number of rotatable bonds is 14. The largest absolute Gasteiger partial charge is 0.382 e. The van der Waals surface area contributed by atoms with E-state index in [-0.39, 0.29) is 29.7 Å². The average molecular weight is 487 g/mol. The standard InChI is InChI=1S/C28H42N2O3S/c1-6-33-16-11-15-29(26(31)18-23(2)19-28(3,4)5)22-27(32)30(21-25-14-10-17-34-25)20-24-12-8-7-9-13-24/h7-10,12-14,17,23H,6,11,15-16,18-22H2,1-5H3. The van der Waals surface area contributed by atoms with E-state index in [1.165, 1.54) is 0 Å². The minimum atomic E-state index is -0.0227. The maximum Gasteiger partial charge on any atom is 0.242 e. The molecule has 5 nitrogen and oxygen atoms in total. The summed E-state index contributed by atoms with van der Waals surface area (Å²) in [5.74, 6) is 0.298. The molecule has 1 aromatic heterocycles. The zero-order chi connectivity index (χ0) is 25.0. The van der Waals surface area contributed by atoms with Crippen molar-refractivity contribution >= 4 is 23.2 Å². The first-order valence-corrected chi connectivity index (χ1v) is 13.3. The van der Waals surface area contributed by atoms with Gasteiger partial charge in [-0.05, 0) is 48.1 Å². The topological polar surface area (TPSA) is 49.9 Å². The summed E-state index contributed by atoms with van der Waals surface area (Å²) in [6, 6.07) is 14.1. The van der Waals surface area contributed by atoms with Crippen molar-refractivity contribution in [3.8, 4) is 0 Å². The Balaban J connectivity index is 2.11. The molecule has 0 fully saturated rings. The van der Waals surface area contributed by atoms with Crippen LogP contribution < -0.4 is 0 Å². The monoisotopic (exact) mass is 486 g/mol. The minimum absolute atomic E-state index is 0.0227. The molecule has 0 bridgehead atoms. The number of amides is 2. The zero-order valence-electron chi connectivity index (χ0n) is 21.6. The first-order chi connectivity index (χ1) is 16.2. The van der Waals surface area contributed by atoms with Crippen LogP contribution in [0.5, 0.6) is 0 Å². The first kappa shape index (κ1) is 28.1. The van der Waals surface area contributed by atoms with E-state index < -0.39 is 0 Å². The molecule has 0 saturated carbocycles. The van der Waals surface area contributed by atoms with Gasteiger partial charge in [0.05, 0.1) is 13.1 Å². The van der Waals surface area contributed by atoms with Gasteiger partial charge >= 0.3 is 0 Å². The second kappa shape index (κ2) is 14.3. The van der Waals surface area contributed by atoms with Gasteiger partial charge in [0.15, 0.2) is 0 Å². The van der Waals surface area contributed by atoms with Gasteiger partial charge in [0.2, 0.25) is 11.8 Å². The Morgan fingerprint density at radius 1 is 1.00 bits per heavy atom. The zero-order valence-corrected chi connectivity index (χ0v) is 22.4. The molecular formula is C28H42N2O3S. The Morgan fingerprint density at radius 2 is 1.74 bits per heavy atom. The van der Waals surface area contributed by atoms with Crippen molar-refractivity contribution in [3.63, 3.8) is 0 Å². The number of thiophene rings is 1. The van der Waals surface area contributed by atoms with Crippen LogP contribution in [0, 0.1) is 11.3 Å². The van der Waals surface area contributed by atoms with Crippen molar-refractivity contribution in [1.29, 1.82) is 0 Å². The van der Waals surface area contributed by atoms with Gasteiger partial charge in [-0.15, -0.1) is 11.3 Å². The molecule has 1 aromatic carbocycles. The van der Waals surface area contributed by atoms with Crippen molar-refractivity contribution in [1.82, 2.24) is 9.80 Å². The summed E-state index contributed by atoms with van der Waals surface area (Å²) in [7, 11) is 0. The van der Waals surface area contributed by atoms with Crippen molar-refractivity contribution in [2.24, 2.45) is 11.3 Å². The first-order valence-electron chi connectivity index (χ1n) is 12.4. The molecule has 0 spiro atoms. The lowest BCUT2D eigenvalue weighted by Gasteiger charge is -2.29. The van der Waals surface area contributed by atoms with Gasteiger partial charge in [0.1, 0.15) is 0 Å². The number of benzene rings is 1. The molecule has 2 aromatic rings. The third-order valence-corrected chi connectivity index (χ3v) is 6.44. The highest BCUT2D eigenvalue weighted by atomic mass is 32.1. The lowest BCUT2D eigenvalue weighted by molar-refractivity contribution is -0.142. The lowest BCUT2D eigenvalue weighted by atomic mass is 9.84. The Labute approximate surface area is 210 Å². The Hall–Kier alpha value is -2.18. The van der Waals surface area contributed by atoms with E-state index in [0.717, 1.165) is 23.3 Å². The lowest BCUT2D eigenvalue weighted by Crippen LogP contribution is -2.43. The number of carbonyl (C=O) groups excluding carboxylic acids is 2. The molecule has 0 radical (unpaired) electrons. The average Bonchev–Trinajstić information content (AvgIpc) is 3.27. The predicted octanol–water partition coefficient (Wildman–Crippen LogP) is 5.99. The fourth-order valence-corrected chi connectivity index (χ4v) is 4.95. The third-order valence-electron chi connectivity index (χ3n) is 5.58. The smallest absolute Gasteiger partial charge is 0.242 e. The number of nitrogens with zero attached hydrogens (tertiary/aromatic N) is 2. The van der Waals surface area contributed by atoms with E-state index in [1.807, 2.05) is 53.6 Å². The van der Waals surface area contributed by atoms with Crippen LogP contribution in [-0.2, 0) is 27.4 Å². The molecule has 0 aliphatic rings. The van der Waals surface area contributed by atoms with E-state index in [2.05, 4.69) is 33.8 Å². The van der Waals surface area contributed by atoms with Crippen LogP contribution in [0.4, 0.5) is 0 Å². The molecule has 2 amide bonds. The number of hydrogen-bond acceptors (Lipinski definition) is 4. The Kier molecular flexibility index (Phi) is 11.8. The Bertz CT molecular complexity index is 846. The summed E-state index contributed by atoms with van der Waals surface area (Å²) in [5.41, 5.74) is 1.25. The van der Waals surface area contributed by atoms with Gasteiger partial charge in [-0.1, -0.05) is 64.1 Å². The molecule has 2 rings (SSSR count). The molecule has 188 valence electrons. The molecule has 6 heteroatoms. The Morgan fingerprint density at radius 3 is 2.35 bits per heavy atom. The predicted molar refractivity (Wildman–Crippen MR) is 141 cm³/mol. The third kappa shape index (κ3) is 10.8. The summed E-state index contributed by atoms with van der Waals surface area (Å²) >= 11 is 1.65. The van der Waals surface area contributed by atoms with Crippen molar-refractivity contribution in [2.45, 2.75) is 67.0 Å². The molecule has 0 N–H and O–H groups in total. The van der Waals surface area contributed by atoms with Gasteiger partial charge in [-0.3, -0.25) is 9.59 Å². The van der Waals surface area contributed by atoms with E-state index in [1.54, 1.807) is 16.2 Å². The molecule has 0 aliphatic carbocycles. The summed E-state index contributed by atoms with van der Waals surface area (Å²) in [6.45, 7) is 13.6. The second-order valence-corrected chi connectivity index (χ2v) is 11.3. The highest BCUT2D eigenvalue weighted by molar-refractivity contribution is 7.09. The van der Waals surface area contributed by atoms with Gasteiger partial charge in [-0.25, -0.2) is 0 Å². The molecule has 34 heavy (non-hydrogen) atoms. The quantitative estimate of drug-likeness (QED) is 0.308. The summed E-state index contributed by atoms with van der Waals surface area (Å²) in [4.78, 5) is 31.5. The normalized spacial score (nSPS) is 12.4. The maximum absolute atomic E-state index is 13.5. The van der Waals surface area contributed by atoms with Crippen molar-refractivity contribution in [3.05, 3.63) is 58.3 Å². The molecule has 0 saturated heterocycles. The number of hydrogen-bond donors (Lipinski definition) is 0. The van der Waals surface area contributed by atoms with E-state index >= 15 is 0 Å². The molecular weight excluding hydrogens is 444 g/mol. The van der Waals surface area contributed by atoms with Crippen molar-refractivity contribution < 1.29 is 14.3 Å². The molecule has 1 unspecified atom stereocenters. The van der Waals surface area contributed by atoms with E-state index in [9.17, 15) is 9.59 Å². The van der Waals surface area contributed by atoms with Crippen LogP contribution >= 0.6 is 11.3 Å².